The number of nitrogens with zero attached hydrogens (tertiary/aromatic N) is 2. The number of benzene rings is 1. The number of likely N-dealkylation sites (tertiary alicyclic amines) is 1. The Labute approximate surface area is 240 Å². The molecule has 1 aliphatic rings. The van der Waals surface area contributed by atoms with Gasteiger partial charge in [0.05, 0.1) is 18.8 Å². The number of carbonyl (C=O) groups excluding carboxylic acids is 3. The monoisotopic (exact) mass is 602 g/mol. The van der Waals surface area contributed by atoms with Crippen LogP contribution in [0.25, 0.3) is 0 Å². The molecule has 3 atom stereocenters. The van der Waals surface area contributed by atoms with Crippen LogP contribution in [0.3, 0.4) is 0 Å². The number of alkyl halides is 3. The lowest BCUT2D eigenvalue weighted by Crippen LogP contribution is -2.58. The Kier molecular flexibility index (Phi) is 11.5. The van der Waals surface area contributed by atoms with Crippen LogP contribution in [0.4, 0.5) is 22.8 Å². The maximum Gasteiger partial charge on any atom is 0.416 e. The molecule has 0 aliphatic carbocycles. The van der Waals surface area contributed by atoms with Gasteiger partial charge in [0.2, 0.25) is 5.78 Å². The van der Waals surface area contributed by atoms with Crippen molar-refractivity contribution in [3.63, 3.8) is 0 Å². The molecular weight excluding hydrogens is 565 g/mol. The van der Waals surface area contributed by atoms with Crippen LogP contribution in [-0.4, -0.2) is 67.2 Å². The smallest absolute Gasteiger partial charge is 0.416 e. The zero-order valence-electron chi connectivity index (χ0n) is 24.0. The van der Waals surface area contributed by atoms with Gasteiger partial charge in [0.25, 0.3) is 0 Å². The summed E-state index contributed by atoms with van der Waals surface area (Å²) in [4.78, 5) is 41.9. The van der Waals surface area contributed by atoms with Gasteiger partial charge in [-0.3, -0.25) is 4.79 Å². The molecule has 1 heterocycles. The number of Topliss-reactive ketones (excluding diaryl/α,β-unsaturated/α-hetero) is 1. The summed E-state index contributed by atoms with van der Waals surface area (Å²) >= 11 is 5.98. The van der Waals surface area contributed by atoms with Gasteiger partial charge in [-0.1, -0.05) is 38.2 Å². The fraction of sp³-hybridized carbons (Fsp3) is 0.607. The van der Waals surface area contributed by atoms with Crippen molar-refractivity contribution >= 4 is 37.6 Å². The van der Waals surface area contributed by atoms with Crippen LogP contribution in [0.2, 0.25) is 24.7 Å². The van der Waals surface area contributed by atoms with Crippen LogP contribution in [-0.2, 0) is 27.0 Å². The second-order valence-corrected chi connectivity index (χ2v) is 16.4. The van der Waals surface area contributed by atoms with E-state index in [0.29, 0.717) is 12.8 Å². The van der Waals surface area contributed by atoms with E-state index in [1.807, 2.05) is 26.6 Å². The highest BCUT2D eigenvalue weighted by Crippen LogP contribution is 2.35. The molecule has 2 rings (SSSR count). The minimum absolute atomic E-state index is 0.0674. The third-order valence-corrected chi connectivity index (χ3v) is 7.47. The minimum Gasteiger partial charge on any atom is -0.453 e. The maximum atomic E-state index is 13.4. The Morgan fingerprint density at radius 2 is 1.77 bits per heavy atom. The molecule has 2 amide bonds. The van der Waals surface area contributed by atoms with Crippen LogP contribution in [0, 0.1) is 11.5 Å². The van der Waals surface area contributed by atoms with Gasteiger partial charge in [0.1, 0.15) is 8.07 Å². The third kappa shape index (κ3) is 9.73. The molecule has 0 unspecified atom stereocenters. The Morgan fingerprint density at radius 3 is 2.30 bits per heavy atom. The van der Waals surface area contributed by atoms with Crippen molar-refractivity contribution in [2.24, 2.45) is 0 Å². The normalized spacial score (nSPS) is 19.5. The van der Waals surface area contributed by atoms with Crippen LogP contribution < -0.4 is 0 Å². The molecule has 0 spiro atoms. The van der Waals surface area contributed by atoms with Gasteiger partial charge in [0.15, 0.2) is 0 Å². The lowest BCUT2D eigenvalue weighted by Gasteiger charge is -2.47. The maximum absolute atomic E-state index is 13.4. The first-order chi connectivity index (χ1) is 18.4. The first-order valence-corrected chi connectivity index (χ1v) is 17.1. The number of halogens is 4. The SMILES string of the molecule is CC[C@@H]1C[C@H](N(Cc2cc(Cl)cc(C(F)(F)F)c2)C(=O)OC)C[C@H](CC(=O)C#C[Si](C)(C)C)N1C(=O)OC(C)C. The van der Waals surface area contributed by atoms with Crippen LogP contribution in [0.15, 0.2) is 18.2 Å². The summed E-state index contributed by atoms with van der Waals surface area (Å²) in [5.41, 5.74) is 2.29. The highest BCUT2D eigenvalue weighted by Gasteiger charge is 2.43. The average molecular weight is 603 g/mol. The highest BCUT2D eigenvalue weighted by atomic mass is 35.5. The predicted molar refractivity (Wildman–Crippen MR) is 149 cm³/mol. The van der Waals surface area contributed by atoms with Gasteiger partial charge in [-0.15, -0.1) is 5.54 Å². The third-order valence-electron chi connectivity index (χ3n) is 6.38. The molecule has 1 aromatic carbocycles. The van der Waals surface area contributed by atoms with Crippen LogP contribution in [0.5, 0.6) is 0 Å². The van der Waals surface area contributed by atoms with E-state index >= 15 is 0 Å². The summed E-state index contributed by atoms with van der Waals surface area (Å²) in [5, 5.41) is -0.114. The molecule has 0 N–H and O–H groups in total. The van der Waals surface area contributed by atoms with E-state index in [0.717, 1.165) is 12.1 Å². The molecule has 1 aliphatic heterocycles. The lowest BCUT2D eigenvalue weighted by molar-refractivity contribution is -0.137. The quantitative estimate of drug-likeness (QED) is 0.250. The molecule has 0 saturated carbocycles. The lowest BCUT2D eigenvalue weighted by atomic mass is 9.86. The van der Waals surface area contributed by atoms with Crippen molar-refractivity contribution < 1.29 is 37.0 Å². The summed E-state index contributed by atoms with van der Waals surface area (Å²) in [5.74, 6) is 2.38. The zero-order chi connectivity index (χ0) is 30.4. The first kappa shape index (κ1) is 33.5. The van der Waals surface area contributed by atoms with Gasteiger partial charge < -0.3 is 19.3 Å². The van der Waals surface area contributed by atoms with Gasteiger partial charge >= 0.3 is 18.4 Å². The van der Waals surface area contributed by atoms with Crippen LogP contribution >= 0.6 is 11.6 Å². The minimum atomic E-state index is -4.62. The summed E-state index contributed by atoms with van der Waals surface area (Å²) < 4.78 is 50.8. The van der Waals surface area contributed by atoms with Crippen molar-refractivity contribution in [2.75, 3.05) is 7.11 Å². The molecule has 1 saturated heterocycles. The summed E-state index contributed by atoms with van der Waals surface area (Å²) in [6, 6.07) is 1.55. The molecule has 222 valence electrons. The number of ether oxygens (including phenoxy) is 2. The van der Waals surface area contributed by atoms with E-state index in [1.165, 1.54) is 18.1 Å². The molecule has 0 aromatic heterocycles. The second-order valence-electron chi connectivity index (χ2n) is 11.3. The second kappa shape index (κ2) is 13.8. The largest absolute Gasteiger partial charge is 0.453 e. The van der Waals surface area contributed by atoms with E-state index < -0.39 is 50.1 Å². The molecule has 0 bridgehead atoms. The molecule has 1 fully saturated rings. The number of hydrogen-bond acceptors (Lipinski definition) is 5. The fourth-order valence-corrected chi connectivity index (χ4v) is 5.47. The van der Waals surface area contributed by atoms with E-state index in [1.54, 1.807) is 18.7 Å². The van der Waals surface area contributed by atoms with E-state index in [4.69, 9.17) is 21.1 Å². The number of carbonyl (C=O) groups is 3. The Balaban J connectivity index is 2.48. The van der Waals surface area contributed by atoms with E-state index in [9.17, 15) is 27.6 Å². The Bertz CT molecular complexity index is 1140. The molecular formula is C28H38ClF3N2O5Si. The average Bonchev–Trinajstić information content (AvgIpc) is 2.83. The van der Waals surface area contributed by atoms with Crippen LogP contribution in [0.1, 0.15) is 57.6 Å². The van der Waals surface area contributed by atoms with Crippen molar-refractivity contribution in [3.8, 4) is 11.5 Å². The number of ketones is 1. The zero-order valence-corrected chi connectivity index (χ0v) is 25.8. The number of rotatable bonds is 7. The highest BCUT2D eigenvalue weighted by molar-refractivity contribution is 6.84. The molecule has 0 radical (unpaired) electrons. The topological polar surface area (TPSA) is 76.2 Å². The van der Waals surface area contributed by atoms with Gasteiger partial charge in [0, 0.05) is 36.1 Å². The Morgan fingerprint density at radius 1 is 1.15 bits per heavy atom. The molecule has 7 nitrogen and oxygen atoms in total. The predicted octanol–water partition coefficient (Wildman–Crippen LogP) is 6.92. The number of hydrogen-bond donors (Lipinski definition) is 0. The first-order valence-electron chi connectivity index (χ1n) is 13.2. The number of methoxy groups -OCH3 is 1. The van der Waals surface area contributed by atoms with E-state index in [-0.39, 0.29) is 41.9 Å². The van der Waals surface area contributed by atoms with Crippen molar-refractivity contribution in [3.05, 3.63) is 34.3 Å². The van der Waals surface area contributed by atoms with Gasteiger partial charge in [-0.25, -0.2) is 9.59 Å². The Hall–Kier alpha value is -2.71. The van der Waals surface area contributed by atoms with E-state index in [2.05, 4.69) is 11.5 Å². The van der Waals surface area contributed by atoms with Crippen molar-refractivity contribution in [2.45, 2.75) is 103 Å². The summed E-state index contributed by atoms with van der Waals surface area (Å²) in [6.45, 7) is 11.2. The van der Waals surface area contributed by atoms with Gasteiger partial charge in [-0.2, -0.15) is 13.2 Å². The fourth-order valence-electron chi connectivity index (χ4n) is 4.69. The summed E-state index contributed by atoms with van der Waals surface area (Å²) in [7, 11) is -0.643. The summed E-state index contributed by atoms with van der Waals surface area (Å²) in [6.07, 6.45) is -5.37. The molecule has 1 aromatic rings. The molecule has 40 heavy (non-hydrogen) atoms. The van der Waals surface area contributed by atoms with Gasteiger partial charge in [-0.05, 0) is 62.8 Å². The number of piperidine rings is 1. The standard InChI is InChI=1S/C28H38ClF3N2O5Si/c1-8-22-14-23(33(26(36)38-4)17-19-11-20(28(30,31)32)13-21(29)12-19)15-24(34(22)27(37)39-18(2)3)16-25(35)9-10-40(5,6)7/h11-13,18,22-24H,8,14-17H2,1-7H3/t22-,23+,24-/m1/s1. The molecule has 12 heteroatoms. The number of amides is 2. The van der Waals surface area contributed by atoms with Crippen molar-refractivity contribution in [1.29, 1.82) is 0 Å². The van der Waals surface area contributed by atoms with Crippen molar-refractivity contribution in [1.82, 2.24) is 9.80 Å².